The first kappa shape index (κ1) is 23.1. The third-order valence-corrected chi connectivity index (χ3v) is 5.92. The number of aliphatic carboxylic acids is 1. The fraction of sp³-hybridized carbons (Fsp3) is 0.238. The number of nitrogens with zero attached hydrogens (tertiary/aromatic N) is 2. The Morgan fingerprint density at radius 3 is 2.22 bits per heavy atom. The topological polar surface area (TPSA) is 155 Å². The Hall–Kier alpha value is -3.57. The zero-order chi connectivity index (χ0) is 23.5. The minimum Gasteiger partial charge on any atom is -0.481 e. The average molecular weight is 459 g/mol. The van der Waals surface area contributed by atoms with Crippen molar-refractivity contribution < 1.29 is 32.7 Å². The van der Waals surface area contributed by atoms with Gasteiger partial charge < -0.3 is 10.0 Å². The lowest BCUT2D eigenvalue weighted by Crippen LogP contribution is -2.45. The summed E-state index contributed by atoms with van der Waals surface area (Å²) in [6.07, 6.45) is -1.04. The van der Waals surface area contributed by atoms with Gasteiger partial charge >= 0.3 is 5.97 Å². The molecule has 0 spiro atoms. The van der Waals surface area contributed by atoms with E-state index in [1.807, 2.05) is 0 Å². The van der Waals surface area contributed by atoms with Crippen LogP contribution >= 0.6 is 0 Å². The molecule has 1 aliphatic rings. The first-order valence-electron chi connectivity index (χ1n) is 9.63. The Balaban J connectivity index is 1.89. The summed E-state index contributed by atoms with van der Waals surface area (Å²) in [7, 11) is -3.90. The number of para-hydroxylation sites is 1. The van der Waals surface area contributed by atoms with Gasteiger partial charge in [-0.3, -0.25) is 19.2 Å². The third kappa shape index (κ3) is 5.18. The van der Waals surface area contributed by atoms with Crippen molar-refractivity contribution in [2.45, 2.75) is 36.7 Å². The maximum absolute atomic E-state index is 13.1. The molecule has 3 rings (SSSR count). The van der Waals surface area contributed by atoms with Crippen molar-refractivity contribution in [1.82, 2.24) is 4.90 Å². The van der Waals surface area contributed by atoms with Crippen molar-refractivity contribution in [3.05, 3.63) is 60.2 Å². The van der Waals surface area contributed by atoms with Crippen molar-refractivity contribution >= 4 is 39.4 Å². The lowest BCUT2D eigenvalue weighted by atomic mass is 10.1. The molecule has 3 amide bonds. The van der Waals surface area contributed by atoms with Gasteiger partial charge in [-0.05, 0) is 29.8 Å². The number of hydrogen-bond donors (Lipinski definition) is 2. The second-order valence-corrected chi connectivity index (χ2v) is 8.79. The van der Waals surface area contributed by atoms with Crippen LogP contribution in [0.15, 0.2) is 59.5 Å². The average Bonchev–Trinajstić information content (AvgIpc) is 3.04. The third-order valence-electron chi connectivity index (χ3n) is 4.99. The van der Waals surface area contributed by atoms with E-state index in [1.165, 1.54) is 24.3 Å². The molecular formula is C21H21N3O7S. The molecule has 1 aliphatic heterocycles. The first-order valence-corrected chi connectivity index (χ1v) is 11.2. The summed E-state index contributed by atoms with van der Waals surface area (Å²) in [6, 6.07) is 12.6. The minimum absolute atomic E-state index is 0.115. The first-order chi connectivity index (χ1) is 15.1. The highest BCUT2D eigenvalue weighted by atomic mass is 32.2. The number of carbonyl (C=O) groups excluding carboxylic acids is 3. The normalized spacial score (nSPS) is 16.3. The van der Waals surface area contributed by atoms with Crippen LogP contribution in [-0.2, 0) is 35.7 Å². The van der Waals surface area contributed by atoms with E-state index in [0.29, 0.717) is 11.3 Å². The number of sulfonamides is 1. The summed E-state index contributed by atoms with van der Waals surface area (Å²) < 4.78 is 22.9. The zero-order valence-corrected chi connectivity index (χ0v) is 17.7. The van der Waals surface area contributed by atoms with Crippen molar-refractivity contribution in [1.29, 1.82) is 0 Å². The van der Waals surface area contributed by atoms with Crippen LogP contribution in [0, 0.1) is 0 Å². The molecule has 10 nitrogen and oxygen atoms in total. The van der Waals surface area contributed by atoms with Gasteiger partial charge in [0.1, 0.15) is 6.04 Å². The van der Waals surface area contributed by atoms with E-state index < -0.39 is 46.2 Å². The molecule has 3 N–H and O–H groups in total. The number of carboxylic acids is 1. The minimum atomic E-state index is -3.90. The van der Waals surface area contributed by atoms with Crippen molar-refractivity contribution in [2.75, 3.05) is 4.90 Å². The predicted octanol–water partition coefficient (Wildman–Crippen LogP) is 0.860. The van der Waals surface area contributed by atoms with E-state index in [1.54, 1.807) is 30.3 Å². The Kier molecular flexibility index (Phi) is 6.70. The van der Waals surface area contributed by atoms with Crippen LogP contribution in [0.5, 0.6) is 0 Å². The van der Waals surface area contributed by atoms with E-state index in [9.17, 15) is 27.6 Å². The molecule has 2 aromatic carbocycles. The van der Waals surface area contributed by atoms with Crippen LogP contribution < -0.4 is 10.0 Å². The molecule has 0 aromatic heterocycles. The van der Waals surface area contributed by atoms with E-state index in [-0.39, 0.29) is 24.3 Å². The van der Waals surface area contributed by atoms with E-state index in [2.05, 4.69) is 0 Å². The van der Waals surface area contributed by atoms with Crippen LogP contribution in [0.4, 0.5) is 5.69 Å². The molecule has 0 aliphatic carbocycles. The van der Waals surface area contributed by atoms with Crippen LogP contribution in [0.3, 0.4) is 0 Å². The standard InChI is InChI=1S/C21H21N3O7S/c22-32(30,31)16-8-6-14(7-9-16)13-23(18(25)10-11-20(27)28)17-12-19(26)24(21(17)29)15-4-2-1-3-5-15/h1-9,17H,10-13H2,(H,27,28)(H2,22,30,31)/t17-/m1/s1. The number of amides is 3. The molecule has 1 saturated heterocycles. The van der Waals surface area contributed by atoms with Gasteiger partial charge in [-0.25, -0.2) is 18.5 Å². The molecule has 0 saturated carbocycles. The fourth-order valence-corrected chi connectivity index (χ4v) is 3.93. The number of carboxylic acid groups (broad SMARTS) is 1. The molecule has 0 unspecified atom stereocenters. The molecule has 1 heterocycles. The summed E-state index contributed by atoms with van der Waals surface area (Å²) in [4.78, 5) is 51.5. The lowest BCUT2D eigenvalue weighted by Gasteiger charge is -2.28. The predicted molar refractivity (Wildman–Crippen MR) is 113 cm³/mol. The van der Waals surface area contributed by atoms with Crippen LogP contribution in [-0.4, -0.2) is 48.2 Å². The molecule has 32 heavy (non-hydrogen) atoms. The SMILES string of the molecule is NS(=O)(=O)c1ccc(CN(C(=O)CCC(=O)O)[C@@H]2CC(=O)N(c3ccccc3)C2=O)cc1. The maximum atomic E-state index is 13.1. The number of hydrogen-bond acceptors (Lipinski definition) is 6. The molecular weight excluding hydrogens is 438 g/mol. The van der Waals surface area contributed by atoms with Crippen molar-refractivity contribution in [3.63, 3.8) is 0 Å². The Morgan fingerprint density at radius 1 is 1.03 bits per heavy atom. The van der Waals surface area contributed by atoms with Gasteiger partial charge in [0.25, 0.3) is 5.91 Å². The van der Waals surface area contributed by atoms with E-state index >= 15 is 0 Å². The van der Waals surface area contributed by atoms with E-state index in [4.69, 9.17) is 10.2 Å². The molecule has 168 valence electrons. The number of anilines is 1. The Labute approximate surface area is 184 Å². The zero-order valence-electron chi connectivity index (χ0n) is 16.9. The summed E-state index contributed by atoms with van der Waals surface area (Å²) in [5.41, 5.74) is 0.861. The van der Waals surface area contributed by atoms with Crippen LogP contribution in [0.25, 0.3) is 0 Å². The molecule has 1 atom stereocenters. The van der Waals surface area contributed by atoms with Gasteiger partial charge in [0, 0.05) is 13.0 Å². The molecule has 1 fully saturated rings. The van der Waals surface area contributed by atoms with Gasteiger partial charge in [0.2, 0.25) is 21.8 Å². The lowest BCUT2D eigenvalue weighted by molar-refractivity contribution is -0.143. The Morgan fingerprint density at radius 2 is 1.66 bits per heavy atom. The van der Waals surface area contributed by atoms with Gasteiger partial charge in [0.15, 0.2) is 0 Å². The number of rotatable bonds is 8. The number of carbonyl (C=O) groups is 4. The van der Waals surface area contributed by atoms with E-state index in [0.717, 1.165) is 9.80 Å². The monoisotopic (exact) mass is 459 g/mol. The second-order valence-electron chi connectivity index (χ2n) is 7.23. The van der Waals surface area contributed by atoms with Gasteiger partial charge in [0.05, 0.1) is 23.4 Å². The smallest absolute Gasteiger partial charge is 0.303 e. The van der Waals surface area contributed by atoms with Crippen molar-refractivity contribution in [2.24, 2.45) is 5.14 Å². The van der Waals surface area contributed by atoms with Crippen LogP contribution in [0.1, 0.15) is 24.8 Å². The summed E-state index contributed by atoms with van der Waals surface area (Å²) in [6.45, 7) is -0.115. The number of benzene rings is 2. The Bertz CT molecular complexity index is 1150. The molecule has 2 aromatic rings. The number of imide groups is 1. The maximum Gasteiger partial charge on any atom is 0.303 e. The highest BCUT2D eigenvalue weighted by molar-refractivity contribution is 7.89. The quantitative estimate of drug-likeness (QED) is 0.555. The number of primary sulfonamides is 1. The van der Waals surface area contributed by atoms with Crippen molar-refractivity contribution in [3.8, 4) is 0 Å². The van der Waals surface area contributed by atoms with Gasteiger partial charge in [-0.15, -0.1) is 0 Å². The largest absolute Gasteiger partial charge is 0.481 e. The van der Waals surface area contributed by atoms with Gasteiger partial charge in [-0.1, -0.05) is 30.3 Å². The summed E-state index contributed by atoms with van der Waals surface area (Å²) in [5.74, 6) is -2.85. The van der Waals surface area contributed by atoms with Gasteiger partial charge in [-0.2, -0.15) is 0 Å². The fourth-order valence-electron chi connectivity index (χ4n) is 3.42. The molecule has 0 radical (unpaired) electrons. The highest BCUT2D eigenvalue weighted by Crippen LogP contribution is 2.27. The molecule has 0 bridgehead atoms. The summed E-state index contributed by atoms with van der Waals surface area (Å²) >= 11 is 0. The summed E-state index contributed by atoms with van der Waals surface area (Å²) in [5, 5.41) is 14.0. The van der Waals surface area contributed by atoms with Crippen LogP contribution in [0.2, 0.25) is 0 Å². The second kappa shape index (κ2) is 9.28. The molecule has 11 heteroatoms. The number of nitrogens with two attached hydrogens (primary N) is 1. The highest BCUT2D eigenvalue weighted by Gasteiger charge is 2.44.